The van der Waals surface area contributed by atoms with Crippen LogP contribution in [-0.2, 0) is 10.0 Å². The second-order valence-electron chi connectivity index (χ2n) is 4.72. The summed E-state index contributed by atoms with van der Waals surface area (Å²) in [5, 5.41) is 11.0. The molecule has 20 heavy (non-hydrogen) atoms. The number of rotatable bonds is 3. The lowest BCUT2D eigenvalue weighted by atomic mass is 10.2. The van der Waals surface area contributed by atoms with Crippen LogP contribution in [0.3, 0.4) is 0 Å². The number of nitrogens with zero attached hydrogens (tertiary/aromatic N) is 2. The molecule has 7 nitrogen and oxygen atoms in total. The van der Waals surface area contributed by atoms with E-state index >= 15 is 0 Å². The first-order valence-electron chi connectivity index (χ1n) is 5.93. The van der Waals surface area contributed by atoms with Crippen molar-refractivity contribution in [3.8, 4) is 0 Å². The normalized spacial score (nSPS) is 20.2. The summed E-state index contributed by atoms with van der Waals surface area (Å²) < 4.78 is 26.0. The molecule has 0 spiro atoms. The molecule has 9 heteroatoms. The number of halogens is 1. The number of hydrogen-bond acceptors (Lipinski definition) is 5. The Morgan fingerprint density at radius 1 is 1.50 bits per heavy atom. The van der Waals surface area contributed by atoms with E-state index in [1.54, 1.807) is 0 Å². The molecule has 2 N–H and O–H groups in total. The van der Waals surface area contributed by atoms with Crippen molar-refractivity contribution in [2.75, 3.05) is 13.1 Å². The zero-order valence-electron chi connectivity index (χ0n) is 10.7. The van der Waals surface area contributed by atoms with Gasteiger partial charge in [0.1, 0.15) is 0 Å². The van der Waals surface area contributed by atoms with Gasteiger partial charge in [-0.25, -0.2) is 8.42 Å². The molecule has 0 unspecified atom stereocenters. The van der Waals surface area contributed by atoms with Crippen molar-refractivity contribution < 1.29 is 13.3 Å². The Balaban J connectivity index is 2.50. The molecule has 1 aromatic rings. The van der Waals surface area contributed by atoms with Crippen molar-refractivity contribution in [1.29, 1.82) is 0 Å². The summed E-state index contributed by atoms with van der Waals surface area (Å²) in [6.07, 6.45) is 0.570. The van der Waals surface area contributed by atoms with Gasteiger partial charge in [-0.3, -0.25) is 10.1 Å². The van der Waals surface area contributed by atoms with Crippen LogP contribution in [0.15, 0.2) is 17.0 Å². The van der Waals surface area contributed by atoms with Gasteiger partial charge in [0.15, 0.2) is 0 Å². The minimum Gasteiger partial charge on any atom is -0.326 e. The summed E-state index contributed by atoms with van der Waals surface area (Å²) in [6.45, 7) is 1.99. The standard InChI is InChI=1S/C11H14ClN3O4S/c1-7-10(12)4-9(5-11(7)15(16)17)20(18,19)14-3-2-8(13)6-14/h4-5,8H,2-3,6,13H2,1H3/t8-/m0/s1. The van der Waals surface area contributed by atoms with Gasteiger partial charge >= 0.3 is 0 Å². The van der Waals surface area contributed by atoms with E-state index in [9.17, 15) is 18.5 Å². The summed E-state index contributed by atoms with van der Waals surface area (Å²) in [4.78, 5) is 10.1. The third-order valence-corrected chi connectivity index (χ3v) is 5.55. The molecule has 1 atom stereocenters. The van der Waals surface area contributed by atoms with Gasteiger partial charge in [-0.05, 0) is 19.4 Å². The van der Waals surface area contributed by atoms with E-state index in [1.807, 2.05) is 0 Å². The van der Waals surface area contributed by atoms with Gasteiger partial charge in [-0.2, -0.15) is 4.31 Å². The molecule has 0 amide bonds. The van der Waals surface area contributed by atoms with E-state index in [4.69, 9.17) is 17.3 Å². The lowest BCUT2D eigenvalue weighted by Crippen LogP contribution is -2.32. The number of nitro groups is 1. The lowest BCUT2D eigenvalue weighted by Gasteiger charge is -2.16. The maximum Gasteiger partial charge on any atom is 0.275 e. The summed E-state index contributed by atoms with van der Waals surface area (Å²) in [5.74, 6) is 0. The Hall–Kier alpha value is -1.22. The highest BCUT2D eigenvalue weighted by Crippen LogP contribution is 2.31. The fourth-order valence-electron chi connectivity index (χ4n) is 2.10. The number of hydrogen-bond donors (Lipinski definition) is 1. The largest absolute Gasteiger partial charge is 0.326 e. The first kappa shape index (κ1) is 15.2. The van der Waals surface area contributed by atoms with Crippen LogP contribution in [0.1, 0.15) is 12.0 Å². The first-order valence-corrected chi connectivity index (χ1v) is 7.75. The molecule has 1 heterocycles. The van der Waals surface area contributed by atoms with Gasteiger partial charge in [0.05, 0.1) is 14.8 Å². The number of benzene rings is 1. The van der Waals surface area contributed by atoms with E-state index in [-0.39, 0.29) is 33.8 Å². The zero-order chi connectivity index (χ0) is 15.1. The van der Waals surface area contributed by atoms with E-state index in [0.717, 1.165) is 6.07 Å². The minimum atomic E-state index is -3.80. The Kier molecular flexibility index (Phi) is 4.01. The quantitative estimate of drug-likeness (QED) is 0.667. The summed E-state index contributed by atoms with van der Waals surface area (Å²) in [6, 6.07) is 2.07. The molecular weight excluding hydrogens is 306 g/mol. The number of sulfonamides is 1. The third-order valence-electron chi connectivity index (χ3n) is 3.31. The van der Waals surface area contributed by atoms with Crippen molar-refractivity contribution in [2.45, 2.75) is 24.3 Å². The van der Waals surface area contributed by atoms with Gasteiger partial charge in [-0.15, -0.1) is 0 Å². The van der Waals surface area contributed by atoms with Gasteiger partial charge in [0.2, 0.25) is 10.0 Å². The Morgan fingerprint density at radius 2 is 2.15 bits per heavy atom. The molecule has 2 rings (SSSR count). The van der Waals surface area contributed by atoms with Crippen LogP contribution in [0.5, 0.6) is 0 Å². The second kappa shape index (κ2) is 5.28. The van der Waals surface area contributed by atoms with E-state index in [2.05, 4.69) is 0 Å². The molecule has 0 bridgehead atoms. The van der Waals surface area contributed by atoms with Crippen LogP contribution in [0, 0.1) is 17.0 Å². The van der Waals surface area contributed by atoms with Gasteiger partial charge < -0.3 is 5.73 Å². The predicted molar refractivity (Wildman–Crippen MR) is 74.2 cm³/mol. The van der Waals surface area contributed by atoms with Crippen molar-refractivity contribution >= 4 is 27.3 Å². The molecule has 1 aliphatic rings. The van der Waals surface area contributed by atoms with Crippen LogP contribution >= 0.6 is 11.6 Å². The average Bonchev–Trinajstić information content (AvgIpc) is 2.79. The Labute approximate surface area is 121 Å². The van der Waals surface area contributed by atoms with Crippen LogP contribution in [-0.4, -0.2) is 36.8 Å². The summed E-state index contributed by atoms with van der Waals surface area (Å²) >= 11 is 5.89. The SMILES string of the molecule is Cc1c(Cl)cc(S(=O)(=O)N2CC[C@H](N)C2)cc1[N+](=O)[O-]. The predicted octanol–water partition coefficient (Wildman–Crippen LogP) is 1.28. The van der Waals surface area contributed by atoms with Crippen molar-refractivity contribution in [2.24, 2.45) is 5.73 Å². The van der Waals surface area contributed by atoms with Crippen molar-refractivity contribution in [1.82, 2.24) is 4.31 Å². The molecule has 1 saturated heterocycles. The average molecular weight is 320 g/mol. The molecule has 0 aromatic heterocycles. The number of nitro benzene ring substituents is 1. The molecule has 0 radical (unpaired) electrons. The molecule has 0 aliphatic carbocycles. The fraction of sp³-hybridized carbons (Fsp3) is 0.455. The maximum absolute atomic E-state index is 12.4. The van der Waals surface area contributed by atoms with Crippen LogP contribution in [0.25, 0.3) is 0 Å². The molecule has 110 valence electrons. The molecule has 1 fully saturated rings. The van der Waals surface area contributed by atoms with Crippen LogP contribution < -0.4 is 5.73 Å². The first-order chi connectivity index (χ1) is 9.23. The third kappa shape index (κ3) is 2.64. The van der Waals surface area contributed by atoms with E-state index < -0.39 is 14.9 Å². The van der Waals surface area contributed by atoms with E-state index in [1.165, 1.54) is 17.3 Å². The second-order valence-corrected chi connectivity index (χ2v) is 7.06. The molecular formula is C11H14ClN3O4S. The maximum atomic E-state index is 12.4. The molecule has 1 aromatic carbocycles. The molecule has 0 saturated carbocycles. The van der Waals surface area contributed by atoms with Gasteiger partial charge in [0, 0.05) is 30.8 Å². The summed E-state index contributed by atoms with van der Waals surface area (Å²) in [5.41, 5.74) is 5.63. The summed E-state index contributed by atoms with van der Waals surface area (Å²) in [7, 11) is -3.80. The van der Waals surface area contributed by atoms with Gasteiger partial charge in [0.25, 0.3) is 5.69 Å². The highest BCUT2D eigenvalue weighted by molar-refractivity contribution is 7.89. The van der Waals surface area contributed by atoms with Crippen LogP contribution in [0.2, 0.25) is 5.02 Å². The lowest BCUT2D eigenvalue weighted by molar-refractivity contribution is -0.385. The highest BCUT2D eigenvalue weighted by atomic mass is 35.5. The van der Waals surface area contributed by atoms with Crippen molar-refractivity contribution in [3.63, 3.8) is 0 Å². The smallest absolute Gasteiger partial charge is 0.275 e. The molecule has 1 aliphatic heterocycles. The number of nitrogens with two attached hydrogens (primary N) is 1. The minimum absolute atomic E-state index is 0.0567. The highest BCUT2D eigenvalue weighted by Gasteiger charge is 2.32. The van der Waals surface area contributed by atoms with Crippen molar-refractivity contribution in [3.05, 3.63) is 32.8 Å². The monoisotopic (exact) mass is 319 g/mol. The van der Waals surface area contributed by atoms with Crippen LogP contribution in [0.4, 0.5) is 5.69 Å². The van der Waals surface area contributed by atoms with Gasteiger partial charge in [-0.1, -0.05) is 11.6 Å². The zero-order valence-corrected chi connectivity index (χ0v) is 12.3. The van der Waals surface area contributed by atoms with E-state index in [0.29, 0.717) is 13.0 Å². The fourth-order valence-corrected chi connectivity index (χ4v) is 3.94. The Bertz CT molecular complexity index is 662. The topological polar surface area (TPSA) is 107 Å². The Morgan fingerprint density at radius 3 is 2.65 bits per heavy atom.